The molecule has 0 radical (unpaired) electrons. The van der Waals surface area contributed by atoms with Gasteiger partial charge in [-0.2, -0.15) is 0 Å². The van der Waals surface area contributed by atoms with Gasteiger partial charge in [-0.15, -0.1) is 0 Å². The summed E-state index contributed by atoms with van der Waals surface area (Å²) < 4.78 is 5.31. The van der Waals surface area contributed by atoms with E-state index < -0.39 is 6.04 Å². The summed E-state index contributed by atoms with van der Waals surface area (Å²) in [5.41, 5.74) is 1.69. The van der Waals surface area contributed by atoms with Gasteiger partial charge in [0.1, 0.15) is 11.8 Å². The fourth-order valence-corrected chi connectivity index (χ4v) is 3.28. The van der Waals surface area contributed by atoms with E-state index in [4.69, 9.17) is 4.74 Å². The van der Waals surface area contributed by atoms with Crippen LogP contribution in [0.2, 0.25) is 0 Å². The van der Waals surface area contributed by atoms with Crippen LogP contribution in [0, 0.1) is 12.8 Å². The number of benzene rings is 1. The lowest BCUT2D eigenvalue weighted by Crippen LogP contribution is -2.46. The maximum Gasteiger partial charge on any atom is 0.247 e. The second-order valence-electron chi connectivity index (χ2n) is 7.01. The molecule has 0 spiro atoms. The summed E-state index contributed by atoms with van der Waals surface area (Å²) in [4.78, 5) is 26.9. The molecule has 1 unspecified atom stereocenters. The Hall–Kier alpha value is -2.08. The first-order valence-corrected chi connectivity index (χ1v) is 9.04. The predicted molar refractivity (Wildman–Crippen MR) is 96.7 cm³/mol. The Morgan fingerprint density at radius 2 is 2.08 bits per heavy atom. The summed E-state index contributed by atoms with van der Waals surface area (Å²) in [5.74, 6) is 1.23. The molecule has 6 nitrogen and oxygen atoms in total. The van der Waals surface area contributed by atoms with E-state index in [1.807, 2.05) is 25.1 Å². The molecule has 6 heteroatoms. The maximum absolute atomic E-state index is 12.7. The lowest BCUT2D eigenvalue weighted by molar-refractivity contribution is -0.135. The van der Waals surface area contributed by atoms with Gasteiger partial charge in [0.2, 0.25) is 11.8 Å². The standard InChI is InChI=1S/C19H27N3O3/c1-13-5-8-17(25-2)15(10-13)21-19(24)16-4-3-9-22(16)18(23)12-20-11-14-6-7-14/h5,8,10,14,16,20H,3-4,6-7,9,11-12H2,1-2H3,(H,21,24). The van der Waals surface area contributed by atoms with E-state index >= 15 is 0 Å². The molecule has 2 N–H and O–H groups in total. The largest absolute Gasteiger partial charge is 0.495 e. The van der Waals surface area contributed by atoms with Gasteiger partial charge in [0.15, 0.2) is 0 Å². The summed E-state index contributed by atoms with van der Waals surface area (Å²) in [5, 5.41) is 6.15. The normalized spacial score (nSPS) is 19.8. The van der Waals surface area contributed by atoms with Crippen LogP contribution in [0.3, 0.4) is 0 Å². The molecule has 2 amide bonds. The van der Waals surface area contributed by atoms with Crippen LogP contribution < -0.4 is 15.4 Å². The molecule has 1 aromatic carbocycles. The molecular weight excluding hydrogens is 318 g/mol. The molecule has 1 aromatic rings. The van der Waals surface area contributed by atoms with Gasteiger partial charge in [-0.3, -0.25) is 9.59 Å². The monoisotopic (exact) mass is 345 g/mol. The molecular formula is C19H27N3O3. The number of rotatable bonds is 7. The second kappa shape index (κ2) is 7.87. The fraction of sp³-hybridized carbons (Fsp3) is 0.579. The van der Waals surface area contributed by atoms with E-state index in [0.717, 1.165) is 24.4 Å². The summed E-state index contributed by atoms with van der Waals surface area (Å²) >= 11 is 0. The Balaban J connectivity index is 1.60. The van der Waals surface area contributed by atoms with Crippen molar-refractivity contribution in [1.82, 2.24) is 10.2 Å². The van der Waals surface area contributed by atoms with Gasteiger partial charge in [0.05, 0.1) is 19.3 Å². The number of carbonyl (C=O) groups excluding carboxylic acids is 2. The van der Waals surface area contributed by atoms with E-state index in [2.05, 4.69) is 10.6 Å². The van der Waals surface area contributed by atoms with Gasteiger partial charge < -0.3 is 20.3 Å². The number of nitrogens with one attached hydrogen (secondary N) is 2. The number of hydrogen-bond acceptors (Lipinski definition) is 4. The first-order chi connectivity index (χ1) is 12.1. The third-order valence-corrected chi connectivity index (χ3v) is 4.89. The van der Waals surface area contributed by atoms with Gasteiger partial charge in [-0.1, -0.05) is 6.07 Å². The SMILES string of the molecule is COc1ccc(C)cc1NC(=O)C1CCCN1C(=O)CNCC1CC1. The zero-order chi connectivity index (χ0) is 17.8. The van der Waals surface area contributed by atoms with Gasteiger partial charge in [0.25, 0.3) is 0 Å². The third kappa shape index (κ3) is 4.51. The summed E-state index contributed by atoms with van der Waals surface area (Å²) in [6, 6.07) is 5.26. The van der Waals surface area contributed by atoms with Crippen molar-refractivity contribution < 1.29 is 14.3 Å². The number of aryl methyl sites for hydroxylation is 1. The van der Waals surface area contributed by atoms with Crippen LogP contribution >= 0.6 is 0 Å². The Kier molecular flexibility index (Phi) is 5.58. The fourth-order valence-electron chi connectivity index (χ4n) is 3.28. The number of ether oxygens (including phenoxy) is 1. The molecule has 2 fully saturated rings. The average molecular weight is 345 g/mol. The average Bonchev–Trinajstić information content (AvgIpc) is 3.27. The number of methoxy groups -OCH3 is 1. The van der Waals surface area contributed by atoms with Gasteiger partial charge in [-0.25, -0.2) is 0 Å². The first kappa shape index (κ1) is 17.7. The van der Waals surface area contributed by atoms with E-state index in [-0.39, 0.29) is 11.8 Å². The molecule has 1 saturated heterocycles. The van der Waals surface area contributed by atoms with Crippen LogP contribution in [0.1, 0.15) is 31.2 Å². The zero-order valence-electron chi connectivity index (χ0n) is 15.0. The van der Waals surface area contributed by atoms with Gasteiger partial charge in [0, 0.05) is 6.54 Å². The molecule has 136 valence electrons. The summed E-state index contributed by atoms with van der Waals surface area (Å²) in [7, 11) is 1.58. The first-order valence-electron chi connectivity index (χ1n) is 9.04. The van der Waals surface area contributed by atoms with Crippen molar-refractivity contribution in [3.63, 3.8) is 0 Å². The van der Waals surface area contributed by atoms with Crippen molar-refractivity contribution in [3.8, 4) is 5.75 Å². The molecule has 1 aliphatic heterocycles. The predicted octanol–water partition coefficient (Wildman–Crippen LogP) is 1.93. The van der Waals surface area contributed by atoms with Crippen LogP contribution in [0.5, 0.6) is 5.75 Å². The highest BCUT2D eigenvalue weighted by Crippen LogP contribution is 2.28. The van der Waals surface area contributed by atoms with Crippen LogP contribution in [0.4, 0.5) is 5.69 Å². The van der Waals surface area contributed by atoms with E-state index in [1.165, 1.54) is 12.8 Å². The Morgan fingerprint density at radius 3 is 2.80 bits per heavy atom. The molecule has 25 heavy (non-hydrogen) atoms. The highest BCUT2D eigenvalue weighted by molar-refractivity contribution is 5.98. The molecule has 2 aliphatic rings. The summed E-state index contributed by atoms with van der Waals surface area (Å²) in [6.07, 6.45) is 4.08. The Labute approximate surface area is 148 Å². The highest BCUT2D eigenvalue weighted by atomic mass is 16.5. The molecule has 1 saturated carbocycles. The highest BCUT2D eigenvalue weighted by Gasteiger charge is 2.34. The van der Waals surface area contributed by atoms with E-state index in [1.54, 1.807) is 12.0 Å². The lowest BCUT2D eigenvalue weighted by atomic mass is 10.1. The van der Waals surface area contributed by atoms with Crippen molar-refractivity contribution in [1.29, 1.82) is 0 Å². The minimum absolute atomic E-state index is 0.00880. The number of nitrogens with zero attached hydrogens (tertiary/aromatic N) is 1. The van der Waals surface area contributed by atoms with Crippen molar-refractivity contribution in [2.24, 2.45) is 5.92 Å². The van der Waals surface area contributed by atoms with E-state index in [9.17, 15) is 9.59 Å². The number of amides is 2. The summed E-state index contributed by atoms with van der Waals surface area (Å²) in [6.45, 7) is 3.82. The topological polar surface area (TPSA) is 70.7 Å². The smallest absolute Gasteiger partial charge is 0.247 e. The third-order valence-electron chi connectivity index (χ3n) is 4.89. The van der Waals surface area contributed by atoms with Crippen molar-refractivity contribution >= 4 is 17.5 Å². The second-order valence-corrected chi connectivity index (χ2v) is 7.01. The molecule has 1 aliphatic carbocycles. The van der Waals surface area contributed by atoms with Crippen LogP contribution in [-0.4, -0.2) is 49.5 Å². The minimum atomic E-state index is -0.402. The molecule has 1 atom stereocenters. The Morgan fingerprint density at radius 1 is 1.28 bits per heavy atom. The van der Waals surface area contributed by atoms with Crippen molar-refractivity contribution in [2.45, 2.75) is 38.6 Å². The minimum Gasteiger partial charge on any atom is -0.495 e. The van der Waals surface area contributed by atoms with Crippen LogP contribution in [0.15, 0.2) is 18.2 Å². The molecule has 0 aromatic heterocycles. The maximum atomic E-state index is 12.7. The molecule has 3 rings (SSSR count). The quantitative estimate of drug-likeness (QED) is 0.792. The molecule has 0 bridgehead atoms. The van der Waals surface area contributed by atoms with Crippen LogP contribution in [-0.2, 0) is 9.59 Å². The van der Waals surface area contributed by atoms with Crippen LogP contribution in [0.25, 0.3) is 0 Å². The number of likely N-dealkylation sites (tertiary alicyclic amines) is 1. The zero-order valence-corrected chi connectivity index (χ0v) is 15.0. The van der Waals surface area contributed by atoms with Gasteiger partial charge >= 0.3 is 0 Å². The van der Waals surface area contributed by atoms with Crippen molar-refractivity contribution in [2.75, 3.05) is 32.1 Å². The molecule has 1 heterocycles. The number of hydrogen-bond donors (Lipinski definition) is 2. The number of carbonyl (C=O) groups is 2. The Bertz CT molecular complexity index is 643. The lowest BCUT2D eigenvalue weighted by Gasteiger charge is -2.24. The van der Waals surface area contributed by atoms with E-state index in [0.29, 0.717) is 30.9 Å². The van der Waals surface area contributed by atoms with Gasteiger partial charge in [-0.05, 0) is 62.8 Å². The van der Waals surface area contributed by atoms with Crippen molar-refractivity contribution in [3.05, 3.63) is 23.8 Å². The number of anilines is 1.